The van der Waals surface area contributed by atoms with E-state index in [0.29, 0.717) is 18.4 Å². The predicted molar refractivity (Wildman–Crippen MR) is 80.7 cm³/mol. The first kappa shape index (κ1) is 14.1. The van der Waals surface area contributed by atoms with E-state index >= 15 is 0 Å². The second-order valence-electron chi connectivity index (χ2n) is 5.67. The fourth-order valence-corrected chi connectivity index (χ4v) is 2.49. The minimum absolute atomic E-state index is 0.307. The summed E-state index contributed by atoms with van der Waals surface area (Å²) >= 11 is 0. The summed E-state index contributed by atoms with van der Waals surface area (Å²) in [4.78, 5) is 6.58. The Morgan fingerprint density at radius 2 is 2.00 bits per heavy atom. The molecule has 1 saturated heterocycles. The lowest BCUT2D eigenvalue weighted by molar-refractivity contribution is 0.192. The molecule has 1 aliphatic rings. The molecule has 3 rings (SSSR count). The van der Waals surface area contributed by atoms with Gasteiger partial charge in [0.1, 0.15) is 0 Å². The van der Waals surface area contributed by atoms with Crippen molar-refractivity contribution in [3.63, 3.8) is 0 Å². The van der Waals surface area contributed by atoms with Crippen LogP contribution in [0.15, 0.2) is 28.8 Å². The van der Waals surface area contributed by atoms with E-state index in [9.17, 15) is 0 Å². The highest BCUT2D eigenvalue weighted by Gasteiger charge is 2.22. The molecule has 1 fully saturated rings. The molecule has 5 nitrogen and oxygen atoms in total. The molecular formula is C16H21N3O2. The standard InChI is InChI=1S/C16H21N3O2/c1-19(2)14-6-3-12(4-7-14)5-8-15-17-16(18-21-15)13-9-10-20-11-13/h3-4,6-7,13H,5,8-11H2,1-2H3/t13-/m1/s1. The van der Waals surface area contributed by atoms with Crippen molar-refractivity contribution in [3.8, 4) is 0 Å². The van der Waals surface area contributed by atoms with E-state index in [1.807, 2.05) is 14.1 Å². The van der Waals surface area contributed by atoms with Gasteiger partial charge in [-0.3, -0.25) is 0 Å². The summed E-state index contributed by atoms with van der Waals surface area (Å²) in [6, 6.07) is 8.56. The van der Waals surface area contributed by atoms with Gasteiger partial charge in [0.05, 0.1) is 6.61 Å². The van der Waals surface area contributed by atoms with Gasteiger partial charge in [-0.05, 0) is 30.5 Å². The van der Waals surface area contributed by atoms with Crippen molar-refractivity contribution in [2.45, 2.75) is 25.2 Å². The number of hydrogen-bond donors (Lipinski definition) is 0. The zero-order valence-corrected chi connectivity index (χ0v) is 12.6. The van der Waals surface area contributed by atoms with Crippen molar-refractivity contribution in [2.75, 3.05) is 32.2 Å². The Kier molecular flexibility index (Phi) is 4.20. The fourth-order valence-electron chi connectivity index (χ4n) is 2.49. The van der Waals surface area contributed by atoms with Crippen LogP contribution in [0.1, 0.15) is 29.6 Å². The molecule has 1 aliphatic heterocycles. The maximum Gasteiger partial charge on any atom is 0.226 e. The van der Waals surface area contributed by atoms with E-state index < -0.39 is 0 Å². The number of ether oxygens (including phenoxy) is 1. The van der Waals surface area contributed by atoms with Gasteiger partial charge in [-0.1, -0.05) is 17.3 Å². The molecule has 2 aromatic rings. The van der Waals surface area contributed by atoms with Crippen LogP contribution in [0.25, 0.3) is 0 Å². The van der Waals surface area contributed by atoms with Gasteiger partial charge in [0, 0.05) is 38.7 Å². The van der Waals surface area contributed by atoms with Gasteiger partial charge in [0.2, 0.25) is 5.89 Å². The molecule has 0 unspecified atom stereocenters. The Bertz CT molecular complexity index is 571. The lowest BCUT2D eigenvalue weighted by atomic mass is 10.1. The minimum atomic E-state index is 0.307. The summed E-state index contributed by atoms with van der Waals surface area (Å²) in [5.74, 6) is 1.82. The Morgan fingerprint density at radius 1 is 1.19 bits per heavy atom. The van der Waals surface area contributed by atoms with Crippen molar-refractivity contribution in [3.05, 3.63) is 41.5 Å². The highest BCUT2D eigenvalue weighted by atomic mass is 16.5. The molecule has 112 valence electrons. The Balaban J connectivity index is 1.57. The maximum atomic E-state index is 5.35. The Labute approximate surface area is 124 Å². The van der Waals surface area contributed by atoms with Crippen LogP contribution in [0.5, 0.6) is 0 Å². The molecule has 1 aromatic heterocycles. The molecule has 0 aliphatic carbocycles. The van der Waals surface area contributed by atoms with Crippen LogP contribution in [-0.4, -0.2) is 37.4 Å². The maximum absolute atomic E-state index is 5.35. The second-order valence-corrected chi connectivity index (χ2v) is 5.67. The van der Waals surface area contributed by atoms with E-state index in [1.165, 1.54) is 11.3 Å². The van der Waals surface area contributed by atoms with Gasteiger partial charge in [-0.25, -0.2) is 0 Å². The van der Waals surface area contributed by atoms with Crippen molar-refractivity contribution in [1.29, 1.82) is 0 Å². The van der Waals surface area contributed by atoms with Crippen LogP contribution in [-0.2, 0) is 17.6 Å². The molecule has 0 bridgehead atoms. The van der Waals surface area contributed by atoms with E-state index in [4.69, 9.17) is 9.26 Å². The molecule has 1 aromatic carbocycles. The Hall–Kier alpha value is -1.88. The molecule has 0 spiro atoms. The molecular weight excluding hydrogens is 266 g/mol. The first-order valence-corrected chi connectivity index (χ1v) is 7.39. The average Bonchev–Trinajstić information content (AvgIpc) is 3.16. The van der Waals surface area contributed by atoms with Gasteiger partial charge >= 0.3 is 0 Å². The first-order valence-electron chi connectivity index (χ1n) is 7.39. The fraction of sp³-hybridized carbons (Fsp3) is 0.500. The smallest absolute Gasteiger partial charge is 0.226 e. The van der Waals surface area contributed by atoms with Crippen LogP contribution >= 0.6 is 0 Å². The molecule has 5 heteroatoms. The van der Waals surface area contributed by atoms with E-state index in [0.717, 1.165) is 31.7 Å². The SMILES string of the molecule is CN(C)c1ccc(CCc2nc([C@@H]3CCOC3)no2)cc1. The highest BCUT2D eigenvalue weighted by molar-refractivity contribution is 5.46. The van der Waals surface area contributed by atoms with Gasteiger partial charge in [0.15, 0.2) is 5.82 Å². The molecule has 2 heterocycles. The number of rotatable bonds is 5. The molecule has 21 heavy (non-hydrogen) atoms. The quantitative estimate of drug-likeness (QED) is 0.845. The van der Waals surface area contributed by atoms with Gasteiger partial charge in [0.25, 0.3) is 0 Å². The van der Waals surface area contributed by atoms with Crippen LogP contribution in [0.2, 0.25) is 0 Å². The zero-order chi connectivity index (χ0) is 14.7. The number of benzene rings is 1. The third-order valence-corrected chi connectivity index (χ3v) is 3.86. The van der Waals surface area contributed by atoms with Gasteiger partial charge in [-0.15, -0.1) is 0 Å². The van der Waals surface area contributed by atoms with Crippen molar-refractivity contribution in [2.24, 2.45) is 0 Å². The van der Waals surface area contributed by atoms with Crippen LogP contribution < -0.4 is 4.90 Å². The number of nitrogens with zero attached hydrogens (tertiary/aromatic N) is 3. The van der Waals surface area contributed by atoms with Crippen LogP contribution in [0.3, 0.4) is 0 Å². The zero-order valence-electron chi connectivity index (χ0n) is 12.6. The summed E-state index contributed by atoms with van der Waals surface area (Å²) in [6.45, 7) is 1.51. The summed E-state index contributed by atoms with van der Waals surface area (Å²) < 4.78 is 10.7. The average molecular weight is 287 g/mol. The monoisotopic (exact) mass is 287 g/mol. The number of aromatic nitrogens is 2. The van der Waals surface area contributed by atoms with E-state index in [1.54, 1.807) is 0 Å². The van der Waals surface area contributed by atoms with E-state index in [-0.39, 0.29) is 0 Å². The highest BCUT2D eigenvalue weighted by Crippen LogP contribution is 2.22. The normalized spacial score (nSPS) is 18.1. The van der Waals surface area contributed by atoms with Crippen molar-refractivity contribution < 1.29 is 9.26 Å². The van der Waals surface area contributed by atoms with Crippen LogP contribution in [0.4, 0.5) is 5.69 Å². The Morgan fingerprint density at radius 3 is 2.67 bits per heavy atom. The third kappa shape index (κ3) is 3.42. The molecule has 1 atom stereocenters. The largest absolute Gasteiger partial charge is 0.381 e. The summed E-state index contributed by atoms with van der Waals surface area (Å²) in [5, 5.41) is 4.08. The molecule has 0 radical (unpaired) electrons. The molecule has 0 saturated carbocycles. The summed E-state index contributed by atoms with van der Waals surface area (Å²) in [5.41, 5.74) is 2.49. The number of anilines is 1. The van der Waals surface area contributed by atoms with Gasteiger partial charge in [-0.2, -0.15) is 4.98 Å². The van der Waals surface area contributed by atoms with Crippen molar-refractivity contribution >= 4 is 5.69 Å². The van der Waals surface area contributed by atoms with E-state index in [2.05, 4.69) is 39.3 Å². The molecule has 0 N–H and O–H groups in total. The summed E-state index contributed by atoms with van der Waals surface area (Å²) in [6.07, 6.45) is 2.68. The molecule has 0 amide bonds. The van der Waals surface area contributed by atoms with Crippen molar-refractivity contribution in [1.82, 2.24) is 10.1 Å². The summed E-state index contributed by atoms with van der Waals surface area (Å²) in [7, 11) is 4.09. The number of aryl methyl sites for hydroxylation is 2. The first-order chi connectivity index (χ1) is 10.2. The lowest BCUT2D eigenvalue weighted by Crippen LogP contribution is -2.08. The van der Waals surface area contributed by atoms with Crippen LogP contribution in [0, 0.1) is 0 Å². The third-order valence-electron chi connectivity index (χ3n) is 3.86. The predicted octanol–water partition coefficient (Wildman–Crippen LogP) is 2.42. The topological polar surface area (TPSA) is 51.4 Å². The minimum Gasteiger partial charge on any atom is -0.381 e. The second kappa shape index (κ2) is 6.26. The lowest BCUT2D eigenvalue weighted by Gasteiger charge is -2.12. The van der Waals surface area contributed by atoms with Gasteiger partial charge < -0.3 is 14.2 Å². The number of hydrogen-bond acceptors (Lipinski definition) is 5.